The molecule has 0 aliphatic carbocycles. The summed E-state index contributed by atoms with van der Waals surface area (Å²) in [6, 6.07) is 0.428. The van der Waals surface area contributed by atoms with Crippen LogP contribution in [-0.2, 0) is 7.05 Å². The largest absolute Gasteiger partial charge is 0.337 e. The fraction of sp³-hybridized carbons (Fsp3) is 0.667. The zero-order valence-corrected chi connectivity index (χ0v) is 7.83. The van der Waals surface area contributed by atoms with Crippen molar-refractivity contribution in [3.05, 3.63) is 18.2 Å². The molecule has 0 spiro atoms. The molecule has 2 rings (SSSR count). The number of rotatable bonds is 1. The molecule has 12 heavy (non-hydrogen) atoms. The van der Waals surface area contributed by atoms with Crippen LogP contribution in [0.5, 0.6) is 0 Å². The van der Waals surface area contributed by atoms with Gasteiger partial charge in [0.25, 0.3) is 0 Å². The number of aryl methyl sites for hydroxylation is 1. The smallest absolute Gasteiger partial charge is 0.126 e. The van der Waals surface area contributed by atoms with Gasteiger partial charge in [0.1, 0.15) is 5.82 Å². The molecule has 3 nitrogen and oxygen atoms in total. The first-order valence-corrected chi connectivity index (χ1v) is 4.32. The predicted molar refractivity (Wildman–Crippen MR) is 47.7 cm³/mol. The second kappa shape index (κ2) is 2.33. The van der Waals surface area contributed by atoms with Crippen molar-refractivity contribution in [3.63, 3.8) is 0 Å². The van der Waals surface area contributed by atoms with E-state index in [9.17, 15) is 0 Å². The normalized spacial score (nSPS) is 26.8. The molecule has 0 bridgehead atoms. The average Bonchev–Trinajstić information content (AvgIpc) is 2.35. The van der Waals surface area contributed by atoms with E-state index in [-0.39, 0.29) is 0 Å². The minimum atomic E-state index is 0.360. The molecule has 1 aromatic heterocycles. The van der Waals surface area contributed by atoms with E-state index in [1.165, 1.54) is 0 Å². The van der Waals surface area contributed by atoms with Crippen LogP contribution in [0.15, 0.2) is 12.4 Å². The first-order chi connectivity index (χ1) is 5.61. The number of imidazole rings is 1. The Bertz CT molecular complexity index is 288. The molecule has 0 unspecified atom stereocenters. The fourth-order valence-electron chi connectivity index (χ4n) is 1.71. The standard InChI is InChI=1S/C9H15N3/c1-9(2)6-11-7(9)8-10-4-5-12(8)3/h4-5,7,11H,6H2,1-3H3/t7-/m0/s1. The van der Waals surface area contributed by atoms with E-state index in [4.69, 9.17) is 0 Å². The third-order valence-corrected chi connectivity index (χ3v) is 2.66. The van der Waals surface area contributed by atoms with Crippen molar-refractivity contribution in [2.45, 2.75) is 19.9 Å². The van der Waals surface area contributed by atoms with Crippen LogP contribution < -0.4 is 5.32 Å². The van der Waals surface area contributed by atoms with E-state index >= 15 is 0 Å². The lowest BCUT2D eigenvalue weighted by Gasteiger charge is -2.44. The van der Waals surface area contributed by atoms with Crippen molar-refractivity contribution < 1.29 is 0 Å². The van der Waals surface area contributed by atoms with Gasteiger partial charge in [-0.2, -0.15) is 0 Å². The van der Waals surface area contributed by atoms with Crippen molar-refractivity contribution in [1.29, 1.82) is 0 Å². The lowest BCUT2D eigenvalue weighted by atomic mass is 9.77. The van der Waals surface area contributed by atoms with Gasteiger partial charge in [-0.25, -0.2) is 4.98 Å². The van der Waals surface area contributed by atoms with Gasteiger partial charge in [-0.3, -0.25) is 0 Å². The first-order valence-electron chi connectivity index (χ1n) is 4.32. The Kier molecular flexibility index (Phi) is 1.51. The Labute approximate surface area is 72.8 Å². The highest BCUT2D eigenvalue weighted by Crippen LogP contribution is 2.38. The van der Waals surface area contributed by atoms with Gasteiger partial charge < -0.3 is 9.88 Å². The van der Waals surface area contributed by atoms with E-state index in [1.54, 1.807) is 0 Å². The van der Waals surface area contributed by atoms with Crippen LogP contribution >= 0.6 is 0 Å². The number of nitrogens with zero attached hydrogens (tertiary/aromatic N) is 2. The van der Waals surface area contributed by atoms with Crippen LogP contribution in [0, 0.1) is 5.41 Å². The second-order valence-corrected chi connectivity index (χ2v) is 4.20. The lowest BCUT2D eigenvalue weighted by Crippen LogP contribution is -2.53. The SMILES string of the molecule is Cn1ccnc1[C@@H]1NCC1(C)C. The highest BCUT2D eigenvalue weighted by atomic mass is 15.1. The summed E-state index contributed by atoms with van der Waals surface area (Å²) < 4.78 is 2.08. The quantitative estimate of drug-likeness (QED) is 0.675. The Balaban J connectivity index is 2.27. The van der Waals surface area contributed by atoms with Crippen LogP contribution in [0.4, 0.5) is 0 Å². The minimum Gasteiger partial charge on any atom is -0.337 e. The Hall–Kier alpha value is -0.830. The number of nitrogens with one attached hydrogen (secondary N) is 1. The second-order valence-electron chi connectivity index (χ2n) is 4.20. The van der Waals surface area contributed by atoms with Crippen LogP contribution in [0.2, 0.25) is 0 Å². The molecule has 1 atom stereocenters. The maximum Gasteiger partial charge on any atom is 0.126 e. The topological polar surface area (TPSA) is 29.9 Å². The molecule has 1 N–H and O–H groups in total. The summed E-state index contributed by atoms with van der Waals surface area (Å²) in [5, 5.41) is 3.40. The summed E-state index contributed by atoms with van der Waals surface area (Å²) in [5.41, 5.74) is 0.360. The van der Waals surface area contributed by atoms with Crippen molar-refractivity contribution >= 4 is 0 Å². The molecule has 1 aliphatic rings. The summed E-state index contributed by atoms with van der Waals surface area (Å²) in [5.74, 6) is 1.14. The predicted octanol–water partition coefficient (Wildman–Crippen LogP) is 1.09. The van der Waals surface area contributed by atoms with Crippen LogP contribution in [0.1, 0.15) is 25.7 Å². The van der Waals surface area contributed by atoms with E-state index < -0.39 is 0 Å². The molecular weight excluding hydrogens is 150 g/mol. The van der Waals surface area contributed by atoms with Crippen molar-refractivity contribution in [2.75, 3.05) is 6.54 Å². The third kappa shape index (κ3) is 0.966. The van der Waals surface area contributed by atoms with Crippen LogP contribution in [0.3, 0.4) is 0 Å². The van der Waals surface area contributed by atoms with Crippen molar-refractivity contribution in [1.82, 2.24) is 14.9 Å². The Morgan fingerprint density at radius 2 is 2.42 bits per heavy atom. The number of hydrogen-bond acceptors (Lipinski definition) is 2. The van der Waals surface area contributed by atoms with Crippen LogP contribution in [0.25, 0.3) is 0 Å². The molecule has 0 radical (unpaired) electrons. The van der Waals surface area contributed by atoms with Gasteiger partial charge in [-0.05, 0) is 5.41 Å². The average molecular weight is 165 g/mol. The Morgan fingerprint density at radius 1 is 1.67 bits per heavy atom. The molecule has 1 fully saturated rings. The molecule has 0 amide bonds. The summed E-state index contributed by atoms with van der Waals surface area (Å²) in [6.45, 7) is 5.62. The molecule has 1 aliphatic heterocycles. The van der Waals surface area contributed by atoms with Gasteiger partial charge in [0.2, 0.25) is 0 Å². The summed E-state index contributed by atoms with van der Waals surface area (Å²) in [4.78, 5) is 4.33. The maximum absolute atomic E-state index is 4.33. The fourth-order valence-corrected chi connectivity index (χ4v) is 1.71. The van der Waals surface area contributed by atoms with E-state index in [0.29, 0.717) is 11.5 Å². The summed E-state index contributed by atoms with van der Waals surface area (Å²) in [7, 11) is 2.04. The molecule has 3 heteroatoms. The number of aromatic nitrogens is 2. The summed E-state index contributed by atoms with van der Waals surface area (Å²) >= 11 is 0. The Morgan fingerprint density at radius 3 is 2.75 bits per heavy atom. The highest BCUT2D eigenvalue weighted by molar-refractivity contribution is 5.10. The lowest BCUT2D eigenvalue weighted by molar-refractivity contribution is 0.118. The molecule has 1 saturated heterocycles. The highest BCUT2D eigenvalue weighted by Gasteiger charge is 2.41. The third-order valence-electron chi connectivity index (χ3n) is 2.66. The number of hydrogen-bond donors (Lipinski definition) is 1. The molecule has 0 aromatic carbocycles. The van der Waals surface area contributed by atoms with Gasteiger partial charge in [0, 0.05) is 26.0 Å². The molecular formula is C9H15N3. The maximum atomic E-state index is 4.33. The van der Waals surface area contributed by atoms with Gasteiger partial charge in [-0.15, -0.1) is 0 Å². The molecule has 66 valence electrons. The van der Waals surface area contributed by atoms with E-state index in [1.807, 2.05) is 19.4 Å². The van der Waals surface area contributed by atoms with Gasteiger partial charge in [0.05, 0.1) is 6.04 Å². The van der Waals surface area contributed by atoms with Crippen molar-refractivity contribution in [2.24, 2.45) is 12.5 Å². The van der Waals surface area contributed by atoms with Gasteiger partial charge in [-0.1, -0.05) is 13.8 Å². The molecule has 0 saturated carbocycles. The minimum absolute atomic E-state index is 0.360. The van der Waals surface area contributed by atoms with Crippen molar-refractivity contribution in [3.8, 4) is 0 Å². The monoisotopic (exact) mass is 165 g/mol. The zero-order valence-electron chi connectivity index (χ0n) is 7.83. The molecule has 2 heterocycles. The van der Waals surface area contributed by atoms with E-state index in [0.717, 1.165) is 12.4 Å². The van der Waals surface area contributed by atoms with E-state index in [2.05, 4.69) is 28.7 Å². The van der Waals surface area contributed by atoms with Gasteiger partial charge in [0.15, 0.2) is 0 Å². The van der Waals surface area contributed by atoms with Gasteiger partial charge >= 0.3 is 0 Å². The first kappa shape index (κ1) is 7.80. The van der Waals surface area contributed by atoms with Crippen LogP contribution in [-0.4, -0.2) is 16.1 Å². The molecule has 1 aromatic rings. The summed E-state index contributed by atoms with van der Waals surface area (Å²) in [6.07, 6.45) is 3.84. The zero-order chi connectivity index (χ0) is 8.77.